The van der Waals surface area contributed by atoms with E-state index in [-0.39, 0.29) is 5.32 Å². The van der Waals surface area contributed by atoms with E-state index >= 15 is 0 Å². The molecule has 0 atom stereocenters. The molecule has 0 heterocycles. The molecule has 0 aliphatic heterocycles. The van der Waals surface area contributed by atoms with E-state index < -0.39 is 60.5 Å². The quantitative estimate of drug-likeness (QED) is 0.533. The monoisotopic (exact) mass is 461 g/mol. The molecule has 0 spiro atoms. The fourth-order valence-electron chi connectivity index (χ4n) is 2.01. The van der Waals surface area contributed by atoms with Crippen LogP contribution in [-0.4, -0.2) is 49.1 Å². The second-order valence-corrected chi connectivity index (χ2v) is 4.84. The van der Waals surface area contributed by atoms with E-state index in [1.165, 1.54) is 0 Å². The van der Waals surface area contributed by atoms with Crippen molar-refractivity contribution in [1.29, 1.82) is 0 Å². The molecule has 0 aliphatic carbocycles. The van der Waals surface area contributed by atoms with E-state index in [0.717, 1.165) is 0 Å². The van der Waals surface area contributed by atoms with Crippen molar-refractivity contribution in [3.05, 3.63) is 11.4 Å². The fraction of sp³-hybridized carbons (Fsp3) is 0.800. The number of likely N-dealkylation sites (N-methyl/N-ethyl adjacent to an activating group) is 1. The van der Waals surface area contributed by atoms with Crippen molar-refractivity contribution in [2.24, 2.45) is 0 Å². The van der Waals surface area contributed by atoms with Crippen LogP contribution in [0.5, 0.6) is 0 Å². The van der Waals surface area contributed by atoms with Gasteiger partial charge in [0.25, 0.3) is 0 Å². The molecule has 168 valence electrons. The molecule has 0 rings (SSSR count). The molecule has 0 fully saturated rings. The van der Waals surface area contributed by atoms with E-state index in [0.29, 0.717) is 0 Å². The Bertz CT molecular complexity index is 566. The molecule has 1 N–H and O–H groups in total. The van der Waals surface area contributed by atoms with E-state index in [2.05, 4.69) is 0 Å². The van der Waals surface area contributed by atoms with E-state index in [4.69, 9.17) is 0 Å². The molecule has 0 aliphatic rings. The van der Waals surface area contributed by atoms with Gasteiger partial charge in [-0.1, -0.05) is 0 Å². The lowest BCUT2D eigenvalue weighted by molar-refractivity contribution is -0.350. The largest absolute Gasteiger partial charge is 0.443 e. The minimum Gasteiger partial charge on any atom is -0.295 e. The molecule has 0 bridgehead atoms. The Morgan fingerprint density at radius 3 is 0.964 bits per heavy atom. The molecular weight excluding hydrogens is 457 g/mol. The van der Waals surface area contributed by atoms with Gasteiger partial charge >= 0.3 is 36.6 Å². The van der Waals surface area contributed by atoms with E-state index in [1.54, 1.807) is 0 Å². The van der Waals surface area contributed by atoms with Crippen LogP contribution in [0.3, 0.4) is 0 Å². The number of rotatable bonds is 3. The van der Waals surface area contributed by atoms with Crippen LogP contribution in [0, 0.1) is 0 Å². The molecule has 0 aromatic rings. The molecule has 0 aromatic heterocycles. The lowest BCUT2D eigenvalue weighted by atomic mass is 9.76. The second kappa shape index (κ2) is 6.79. The van der Waals surface area contributed by atoms with Crippen LogP contribution in [0.2, 0.25) is 0 Å². The molecule has 0 saturated heterocycles. The third kappa shape index (κ3) is 3.83. The average molecular weight is 461 g/mol. The standard InChI is InChI=1S/C10H4F17N/c1-28-5(9(22,23)24,10(25,26)27)2(3(11)6(13,14)15)4(12,7(16,17)18)8(19,20)21/h28H,1H3/b3-2-. The smallest absolute Gasteiger partial charge is 0.295 e. The van der Waals surface area contributed by atoms with Crippen molar-refractivity contribution in [2.45, 2.75) is 42.1 Å². The van der Waals surface area contributed by atoms with E-state index in [9.17, 15) is 74.6 Å². The highest BCUT2D eigenvalue weighted by Gasteiger charge is 2.86. The molecule has 0 radical (unpaired) electrons. The van der Waals surface area contributed by atoms with Gasteiger partial charge in [0, 0.05) is 0 Å². The van der Waals surface area contributed by atoms with Gasteiger partial charge in [0.05, 0.1) is 5.57 Å². The maximum atomic E-state index is 13.9. The lowest BCUT2D eigenvalue weighted by Crippen LogP contribution is -2.73. The van der Waals surface area contributed by atoms with Crippen molar-refractivity contribution in [2.75, 3.05) is 7.05 Å². The SMILES string of the molecule is CNC(/C(=C(\F)C(F)(F)F)C(F)(C(F)(F)F)C(F)(F)F)(C(F)(F)F)C(F)(F)F. The number of allylic oxidation sites excluding steroid dienone is 1. The van der Waals surface area contributed by atoms with Crippen molar-refractivity contribution in [3.8, 4) is 0 Å². The Labute approximate surface area is 142 Å². The summed E-state index contributed by atoms with van der Waals surface area (Å²) in [4.78, 5) is 0. The zero-order valence-corrected chi connectivity index (χ0v) is 12.4. The molecular formula is C10H4F17N. The lowest BCUT2D eigenvalue weighted by Gasteiger charge is -2.44. The van der Waals surface area contributed by atoms with Crippen LogP contribution in [0.15, 0.2) is 11.4 Å². The first kappa shape index (κ1) is 26.5. The fourth-order valence-corrected chi connectivity index (χ4v) is 2.01. The Hall–Kier alpha value is -1.49. The molecule has 0 unspecified atom stereocenters. The van der Waals surface area contributed by atoms with Crippen LogP contribution in [0.1, 0.15) is 0 Å². The molecule has 1 nitrogen and oxygen atoms in total. The molecule has 0 amide bonds. The van der Waals surface area contributed by atoms with Crippen molar-refractivity contribution >= 4 is 0 Å². The summed E-state index contributed by atoms with van der Waals surface area (Å²) in [5, 5.41) is -0.289. The summed E-state index contributed by atoms with van der Waals surface area (Å²) in [6.07, 6.45) is -38.3. The zero-order valence-electron chi connectivity index (χ0n) is 12.4. The van der Waals surface area contributed by atoms with Gasteiger partial charge in [-0.05, 0) is 7.05 Å². The van der Waals surface area contributed by atoms with Gasteiger partial charge in [-0.25, -0.2) is 8.78 Å². The first-order chi connectivity index (χ1) is 11.8. The van der Waals surface area contributed by atoms with Crippen LogP contribution < -0.4 is 5.32 Å². The zero-order chi connectivity index (χ0) is 23.4. The number of alkyl halides is 16. The van der Waals surface area contributed by atoms with Crippen molar-refractivity contribution < 1.29 is 74.6 Å². The summed E-state index contributed by atoms with van der Waals surface area (Å²) in [7, 11) is -0.697. The Kier molecular flexibility index (Phi) is 6.43. The van der Waals surface area contributed by atoms with Gasteiger partial charge in [-0.2, -0.15) is 65.9 Å². The van der Waals surface area contributed by atoms with Gasteiger partial charge < -0.3 is 0 Å². The van der Waals surface area contributed by atoms with Gasteiger partial charge in [0.1, 0.15) is 0 Å². The molecule has 0 aromatic carbocycles. The van der Waals surface area contributed by atoms with Crippen molar-refractivity contribution in [3.63, 3.8) is 0 Å². The highest BCUT2D eigenvalue weighted by molar-refractivity contribution is 5.42. The second-order valence-electron chi connectivity index (χ2n) is 4.84. The summed E-state index contributed by atoms with van der Waals surface area (Å²) >= 11 is 0. The summed E-state index contributed by atoms with van der Waals surface area (Å²) in [6.45, 7) is 0. The van der Waals surface area contributed by atoms with Gasteiger partial charge in [-0.15, -0.1) is 0 Å². The van der Waals surface area contributed by atoms with E-state index in [1.807, 2.05) is 0 Å². The summed E-state index contributed by atoms with van der Waals surface area (Å²) in [5.74, 6) is -5.23. The van der Waals surface area contributed by atoms with Gasteiger partial charge in [0.15, 0.2) is 0 Å². The number of hydrogen-bond acceptors (Lipinski definition) is 1. The van der Waals surface area contributed by atoms with Gasteiger partial charge in [-0.3, -0.25) is 5.32 Å². The maximum absolute atomic E-state index is 13.9. The molecule has 18 heteroatoms. The van der Waals surface area contributed by atoms with Crippen LogP contribution in [0.4, 0.5) is 74.6 Å². The summed E-state index contributed by atoms with van der Waals surface area (Å²) in [5.41, 5.74) is -20.5. The molecule has 28 heavy (non-hydrogen) atoms. The third-order valence-corrected chi connectivity index (χ3v) is 3.19. The summed E-state index contributed by atoms with van der Waals surface area (Å²) < 4.78 is 218. The number of halogens is 17. The first-order valence-corrected chi connectivity index (χ1v) is 5.96. The Balaban J connectivity index is 8.02. The maximum Gasteiger partial charge on any atom is 0.443 e. The predicted molar refractivity (Wildman–Crippen MR) is 54.0 cm³/mol. The Morgan fingerprint density at radius 1 is 0.536 bits per heavy atom. The van der Waals surface area contributed by atoms with Crippen LogP contribution >= 0.6 is 0 Å². The predicted octanol–water partition coefficient (Wildman–Crippen LogP) is 5.69. The normalized spacial score (nSPS) is 16.9. The Morgan fingerprint density at radius 2 is 0.821 bits per heavy atom. The third-order valence-electron chi connectivity index (χ3n) is 3.19. The van der Waals surface area contributed by atoms with Gasteiger partial charge in [0.2, 0.25) is 11.4 Å². The number of nitrogens with one attached hydrogen (secondary N) is 1. The van der Waals surface area contributed by atoms with Crippen LogP contribution in [0.25, 0.3) is 0 Å². The highest BCUT2D eigenvalue weighted by Crippen LogP contribution is 2.61. The minimum atomic E-state index is -8.05. The first-order valence-electron chi connectivity index (χ1n) is 5.96. The minimum absolute atomic E-state index is 0.289. The van der Waals surface area contributed by atoms with Crippen molar-refractivity contribution in [1.82, 2.24) is 5.32 Å². The molecule has 0 saturated carbocycles. The van der Waals surface area contributed by atoms with Crippen LogP contribution in [-0.2, 0) is 0 Å². The average Bonchev–Trinajstić information content (AvgIpc) is 2.36. The number of hydrogen-bond donors (Lipinski definition) is 1. The topological polar surface area (TPSA) is 12.0 Å². The highest BCUT2D eigenvalue weighted by atomic mass is 19.4. The summed E-state index contributed by atoms with van der Waals surface area (Å²) in [6, 6.07) is 0.